The predicted octanol–water partition coefficient (Wildman–Crippen LogP) is 1.75. The number of rotatable bonds is 7. The minimum absolute atomic E-state index is 0.0587. The third-order valence-corrected chi connectivity index (χ3v) is 5.24. The SMILES string of the molecule is COCCn1cc([C@H]2[C@H](CNC(=O)c3cnnc(C)c3)CC(=O)N2C(C)(C)C)cn1. The summed E-state index contributed by atoms with van der Waals surface area (Å²) < 4.78 is 6.95. The minimum atomic E-state index is -0.346. The number of carbonyl (C=O) groups is 2. The van der Waals surface area contributed by atoms with E-state index in [0.717, 1.165) is 5.56 Å². The van der Waals surface area contributed by atoms with Gasteiger partial charge in [-0.15, -0.1) is 0 Å². The van der Waals surface area contributed by atoms with Crippen LogP contribution in [-0.2, 0) is 16.1 Å². The normalized spacial score (nSPS) is 19.4. The number of aromatic nitrogens is 4. The maximum absolute atomic E-state index is 12.9. The van der Waals surface area contributed by atoms with Gasteiger partial charge in [0.15, 0.2) is 0 Å². The average Bonchev–Trinajstić information content (AvgIpc) is 3.27. The van der Waals surface area contributed by atoms with Gasteiger partial charge in [0.2, 0.25) is 5.91 Å². The highest BCUT2D eigenvalue weighted by Gasteiger charge is 2.45. The van der Waals surface area contributed by atoms with Crippen LogP contribution >= 0.6 is 0 Å². The fourth-order valence-corrected chi connectivity index (χ4v) is 3.96. The molecule has 2 atom stereocenters. The maximum Gasteiger partial charge on any atom is 0.252 e. The van der Waals surface area contributed by atoms with Crippen molar-refractivity contribution in [2.45, 2.75) is 52.2 Å². The molecule has 1 aliphatic heterocycles. The summed E-state index contributed by atoms with van der Waals surface area (Å²) >= 11 is 0. The van der Waals surface area contributed by atoms with Gasteiger partial charge in [-0.05, 0) is 33.8 Å². The van der Waals surface area contributed by atoms with Crippen molar-refractivity contribution < 1.29 is 14.3 Å². The molecule has 2 amide bonds. The summed E-state index contributed by atoms with van der Waals surface area (Å²) in [6.07, 6.45) is 5.59. The standard InChI is InChI=1S/C21H30N6O3/c1-14-8-16(11-23-25-14)20(29)22-10-15-9-18(28)27(21(2,3)4)19(15)17-12-24-26(13-17)6-7-30-5/h8,11-13,15,19H,6-7,9-10H2,1-5H3,(H,22,29)/t15-,19+/m0/s1. The first-order valence-corrected chi connectivity index (χ1v) is 10.1. The molecule has 2 aromatic heterocycles. The van der Waals surface area contributed by atoms with Gasteiger partial charge in [-0.1, -0.05) is 0 Å². The summed E-state index contributed by atoms with van der Waals surface area (Å²) in [5.74, 6) is -0.196. The van der Waals surface area contributed by atoms with Crippen LogP contribution in [0, 0.1) is 12.8 Å². The molecule has 0 radical (unpaired) electrons. The second kappa shape index (κ2) is 8.91. The number of nitrogens with one attached hydrogen (secondary N) is 1. The van der Waals surface area contributed by atoms with Gasteiger partial charge in [0.1, 0.15) is 0 Å². The van der Waals surface area contributed by atoms with Crippen LogP contribution in [0.3, 0.4) is 0 Å². The molecule has 162 valence electrons. The van der Waals surface area contributed by atoms with Gasteiger partial charge in [-0.2, -0.15) is 15.3 Å². The number of ether oxygens (including phenoxy) is 1. The number of nitrogens with zero attached hydrogens (tertiary/aromatic N) is 5. The van der Waals surface area contributed by atoms with Gasteiger partial charge < -0.3 is 15.0 Å². The summed E-state index contributed by atoms with van der Waals surface area (Å²) in [4.78, 5) is 27.4. The molecule has 2 aromatic rings. The van der Waals surface area contributed by atoms with E-state index in [4.69, 9.17) is 4.74 Å². The van der Waals surface area contributed by atoms with Crippen molar-refractivity contribution >= 4 is 11.8 Å². The van der Waals surface area contributed by atoms with E-state index in [1.807, 2.05) is 42.7 Å². The molecule has 1 N–H and O–H groups in total. The largest absolute Gasteiger partial charge is 0.383 e. The Morgan fingerprint density at radius 2 is 2.10 bits per heavy atom. The quantitative estimate of drug-likeness (QED) is 0.740. The molecule has 0 aliphatic carbocycles. The van der Waals surface area contributed by atoms with Gasteiger partial charge in [0.05, 0.1) is 42.8 Å². The van der Waals surface area contributed by atoms with E-state index in [1.165, 1.54) is 6.20 Å². The molecule has 0 aromatic carbocycles. The molecule has 0 bridgehead atoms. The molecule has 0 unspecified atom stereocenters. The first kappa shape index (κ1) is 21.9. The van der Waals surface area contributed by atoms with Crippen LogP contribution in [0.15, 0.2) is 24.7 Å². The number of carbonyl (C=O) groups excluding carboxylic acids is 2. The minimum Gasteiger partial charge on any atom is -0.383 e. The van der Waals surface area contributed by atoms with Gasteiger partial charge in [0.25, 0.3) is 5.91 Å². The van der Waals surface area contributed by atoms with Gasteiger partial charge in [-0.25, -0.2) is 0 Å². The summed E-state index contributed by atoms with van der Waals surface area (Å²) in [6, 6.07) is 1.53. The van der Waals surface area contributed by atoms with E-state index in [2.05, 4.69) is 20.6 Å². The van der Waals surface area contributed by atoms with Gasteiger partial charge >= 0.3 is 0 Å². The van der Waals surface area contributed by atoms with E-state index < -0.39 is 0 Å². The summed E-state index contributed by atoms with van der Waals surface area (Å²) in [6.45, 7) is 9.46. The molecule has 1 aliphatic rings. The Morgan fingerprint density at radius 1 is 1.33 bits per heavy atom. The van der Waals surface area contributed by atoms with Crippen LogP contribution in [0.25, 0.3) is 0 Å². The highest BCUT2D eigenvalue weighted by atomic mass is 16.5. The van der Waals surface area contributed by atoms with Crippen molar-refractivity contribution in [2.24, 2.45) is 5.92 Å². The smallest absolute Gasteiger partial charge is 0.252 e. The zero-order chi connectivity index (χ0) is 21.9. The predicted molar refractivity (Wildman–Crippen MR) is 111 cm³/mol. The van der Waals surface area contributed by atoms with Gasteiger partial charge in [0, 0.05) is 43.3 Å². The van der Waals surface area contributed by atoms with Crippen molar-refractivity contribution in [1.82, 2.24) is 30.2 Å². The highest BCUT2D eigenvalue weighted by molar-refractivity contribution is 5.94. The monoisotopic (exact) mass is 414 g/mol. The average molecular weight is 415 g/mol. The molecule has 9 nitrogen and oxygen atoms in total. The molecule has 1 fully saturated rings. The number of likely N-dealkylation sites (tertiary alicyclic amines) is 1. The summed E-state index contributed by atoms with van der Waals surface area (Å²) in [5.41, 5.74) is 1.76. The Morgan fingerprint density at radius 3 is 2.77 bits per heavy atom. The van der Waals surface area contributed by atoms with Crippen molar-refractivity contribution in [3.05, 3.63) is 41.5 Å². The van der Waals surface area contributed by atoms with E-state index >= 15 is 0 Å². The first-order valence-electron chi connectivity index (χ1n) is 10.1. The Bertz CT molecular complexity index is 904. The van der Waals surface area contributed by atoms with Crippen LogP contribution in [-0.4, -0.2) is 62.5 Å². The maximum atomic E-state index is 12.9. The van der Waals surface area contributed by atoms with E-state index in [9.17, 15) is 9.59 Å². The molecular formula is C21H30N6O3. The molecule has 0 saturated carbocycles. The van der Waals surface area contributed by atoms with Crippen LogP contribution < -0.4 is 5.32 Å². The molecule has 3 rings (SSSR count). The summed E-state index contributed by atoms with van der Waals surface area (Å²) in [5, 5.41) is 15.1. The number of methoxy groups -OCH3 is 1. The molecule has 1 saturated heterocycles. The van der Waals surface area contributed by atoms with Gasteiger partial charge in [-0.3, -0.25) is 14.3 Å². The molecule has 3 heterocycles. The van der Waals surface area contributed by atoms with Crippen LogP contribution in [0.4, 0.5) is 0 Å². The van der Waals surface area contributed by atoms with Crippen LogP contribution in [0.2, 0.25) is 0 Å². The fourth-order valence-electron chi connectivity index (χ4n) is 3.96. The lowest BCUT2D eigenvalue weighted by Crippen LogP contribution is -2.44. The lowest BCUT2D eigenvalue weighted by atomic mass is 9.93. The van der Waals surface area contributed by atoms with E-state index in [0.29, 0.717) is 37.4 Å². The Labute approximate surface area is 176 Å². The Kier molecular flexibility index (Phi) is 6.50. The first-order chi connectivity index (χ1) is 14.2. The Balaban J connectivity index is 1.80. The second-order valence-corrected chi connectivity index (χ2v) is 8.67. The van der Waals surface area contributed by atoms with Crippen molar-refractivity contribution in [3.63, 3.8) is 0 Å². The fraction of sp³-hybridized carbons (Fsp3) is 0.571. The lowest BCUT2D eigenvalue weighted by molar-refractivity contribution is -0.133. The van der Waals surface area contributed by atoms with Crippen LogP contribution in [0.5, 0.6) is 0 Å². The van der Waals surface area contributed by atoms with Crippen molar-refractivity contribution in [1.29, 1.82) is 0 Å². The number of amides is 2. The number of hydrogen-bond acceptors (Lipinski definition) is 6. The molecule has 30 heavy (non-hydrogen) atoms. The lowest BCUT2D eigenvalue weighted by Gasteiger charge is -2.38. The number of aryl methyl sites for hydroxylation is 1. The van der Waals surface area contributed by atoms with E-state index in [1.54, 1.807) is 20.1 Å². The third kappa shape index (κ3) is 4.84. The highest BCUT2D eigenvalue weighted by Crippen LogP contribution is 2.42. The Hall–Kier alpha value is -2.81. The van der Waals surface area contributed by atoms with E-state index in [-0.39, 0.29) is 29.3 Å². The zero-order valence-electron chi connectivity index (χ0n) is 18.3. The molecule has 9 heteroatoms. The van der Waals surface area contributed by atoms with Crippen molar-refractivity contribution in [3.8, 4) is 0 Å². The zero-order valence-corrected chi connectivity index (χ0v) is 18.3. The summed E-state index contributed by atoms with van der Waals surface area (Å²) in [7, 11) is 1.65. The molecular weight excluding hydrogens is 384 g/mol. The second-order valence-electron chi connectivity index (χ2n) is 8.67. The third-order valence-electron chi connectivity index (χ3n) is 5.24. The van der Waals surface area contributed by atoms with Crippen molar-refractivity contribution in [2.75, 3.05) is 20.3 Å². The number of hydrogen-bond donors (Lipinski definition) is 1. The topological polar surface area (TPSA) is 102 Å². The van der Waals surface area contributed by atoms with Crippen LogP contribution in [0.1, 0.15) is 54.8 Å². The molecule has 0 spiro atoms.